The van der Waals surface area contributed by atoms with Gasteiger partial charge < -0.3 is 14.8 Å². The molecule has 0 bridgehead atoms. The number of rotatable bonds is 6. The number of carbonyl (C=O) groups excluding carboxylic acids is 1. The van der Waals surface area contributed by atoms with E-state index < -0.39 is 0 Å². The first kappa shape index (κ1) is 17.9. The second kappa shape index (κ2) is 7.97. The Bertz CT molecular complexity index is 927. The highest BCUT2D eigenvalue weighted by atomic mass is 32.1. The lowest BCUT2D eigenvalue weighted by atomic mass is 10.1. The van der Waals surface area contributed by atoms with Crippen molar-refractivity contribution >= 4 is 22.4 Å². The summed E-state index contributed by atoms with van der Waals surface area (Å²) in [6.07, 6.45) is 0.141. The number of nitrogens with one attached hydrogen (secondary N) is 1. The molecule has 0 fully saturated rings. The van der Waals surface area contributed by atoms with Gasteiger partial charge in [-0.3, -0.25) is 4.79 Å². The topological polar surface area (TPSA) is 60.5 Å². The summed E-state index contributed by atoms with van der Waals surface area (Å²) in [4.78, 5) is 16.7. The molecule has 134 valence electrons. The number of carbonyl (C=O) groups is 1. The van der Waals surface area contributed by atoms with E-state index in [9.17, 15) is 9.18 Å². The average molecular weight is 372 g/mol. The van der Waals surface area contributed by atoms with Crippen molar-refractivity contribution in [1.29, 1.82) is 0 Å². The summed E-state index contributed by atoms with van der Waals surface area (Å²) in [5.41, 5.74) is 2.03. The second-order valence-corrected chi connectivity index (χ2v) is 6.31. The van der Waals surface area contributed by atoms with Crippen molar-refractivity contribution in [3.8, 4) is 22.8 Å². The van der Waals surface area contributed by atoms with Gasteiger partial charge in [-0.05, 0) is 18.2 Å². The minimum Gasteiger partial charge on any atom is -0.497 e. The van der Waals surface area contributed by atoms with Crippen LogP contribution < -0.4 is 14.8 Å². The van der Waals surface area contributed by atoms with Gasteiger partial charge in [0.1, 0.15) is 17.3 Å². The fourth-order valence-corrected chi connectivity index (χ4v) is 3.18. The molecule has 0 saturated carbocycles. The van der Waals surface area contributed by atoms with Gasteiger partial charge in [-0.2, -0.15) is 0 Å². The highest BCUT2D eigenvalue weighted by Crippen LogP contribution is 2.27. The van der Waals surface area contributed by atoms with E-state index in [2.05, 4.69) is 10.3 Å². The Morgan fingerprint density at radius 3 is 2.77 bits per heavy atom. The molecule has 3 rings (SSSR count). The number of hydrogen-bond donors (Lipinski definition) is 1. The van der Waals surface area contributed by atoms with Crippen LogP contribution in [0.4, 0.5) is 9.52 Å². The first-order chi connectivity index (χ1) is 12.6. The molecular weight excluding hydrogens is 355 g/mol. The van der Waals surface area contributed by atoms with E-state index in [4.69, 9.17) is 9.47 Å². The lowest BCUT2D eigenvalue weighted by Crippen LogP contribution is -2.14. The number of hydrogen-bond acceptors (Lipinski definition) is 5. The number of methoxy groups -OCH3 is 2. The van der Waals surface area contributed by atoms with Crippen LogP contribution in [-0.2, 0) is 11.2 Å². The Kier molecular flexibility index (Phi) is 5.48. The summed E-state index contributed by atoms with van der Waals surface area (Å²) in [6, 6.07) is 11.5. The molecule has 2 aromatic carbocycles. The SMILES string of the molecule is COc1ccc(CC(=O)Nc2nc(-c3cccc(F)c3)cs2)c(OC)c1. The van der Waals surface area contributed by atoms with Crippen LogP contribution in [0.15, 0.2) is 47.8 Å². The summed E-state index contributed by atoms with van der Waals surface area (Å²) < 4.78 is 23.8. The summed E-state index contributed by atoms with van der Waals surface area (Å²) in [6.45, 7) is 0. The van der Waals surface area contributed by atoms with Crippen LogP contribution in [-0.4, -0.2) is 25.1 Å². The van der Waals surface area contributed by atoms with Crippen molar-refractivity contribution in [1.82, 2.24) is 4.98 Å². The highest BCUT2D eigenvalue weighted by Gasteiger charge is 2.12. The van der Waals surface area contributed by atoms with E-state index in [0.717, 1.165) is 5.56 Å². The molecule has 0 aliphatic carbocycles. The monoisotopic (exact) mass is 372 g/mol. The predicted molar refractivity (Wildman–Crippen MR) is 99.4 cm³/mol. The van der Waals surface area contributed by atoms with Crippen LogP contribution in [0.3, 0.4) is 0 Å². The standard InChI is InChI=1S/C19H17FN2O3S/c1-24-15-7-6-13(17(10-15)25-2)9-18(23)22-19-21-16(11-26-19)12-4-3-5-14(20)8-12/h3-8,10-11H,9H2,1-2H3,(H,21,22,23). The smallest absolute Gasteiger partial charge is 0.230 e. The van der Waals surface area contributed by atoms with Crippen molar-refractivity contribution < 1.29 is 18.7 Å². The fraction of sp³-hybridized carbons (Fsp3) is 0.158. The molecule has 0 aliphatic rings. The minimum absolute atomic E-state index is 0.141. The van der Waals surface area contributed by atoms with Crippen LogP contribution in [0.2, 0.25) is 0 Å². The number of aromatic nitrogens is 1. The molecule has 1 aromatic heterocycles. The molecule has 0 atom stereocenters. The average Bonchev–Trinajstić information content (AvgIpc) is 3.10. The molecule has 0 aliphatic heterocycles. The zero-order chi connectivity index (χ0) is 18.5. The number of benzene rings is 2. The van der Waals surface area contributed by atoms with Gasteiger partial charge in [-0.1, -0.05) is 18.2 Å². The zero-order valence-corrected chi connectivity index (χ0v) is 15.1. The first-order valence-corrected chi connectivity index (χ1v) is 8.69. The maximum atomic E-state index is 13.3. The van der Waals surface area contributed by atoms with Gasteiger partial charge in [0.05, 0.1) is 26.3 Å². The molecule has 0 saturated heterocycles. The Balaban J connectivity index is 1.69. The van der Waals surface area contributed by atoms with E-state index >= 15 is 0 Å². The number of anilines is 1. The molecular formula is C19H17FN2O3S. The number of ether oxygens (including phenoxy) is 2. The summed E-state index contributed by atoms with van der Waals surface area (Å²) in [5, 5.41) is 5.00. The van der Waals surface area contributed by atoms with E-state index in [1.54, 1.807) is 49.9 Å². The van der Waals surface area contributed by atoms with E-state index in [1.807, 2.05) is 0 Å². The predicted octanol–water partition coefficient (Wildman–Crippen LogP) is 4.15. The number of thiazole rings is 1. The first-order valence-electron chi connectivity index (χ1n) is 7.81. The zero-order valence-electron chi connectivity index (χ0n) is 14.3. The summed E-state index contributed by atoms with van der Waals surface area (Å²) in [7, 11) is 3.11. The molecule has 0 spiro atoms. The van der Waals surface area contributed by atoms with Gasteiger partial charge in [-0.15, -0.1) is 11.3 Å². The van der Waals surface area contributed by atoms with Crippen LogP contribution in [0.1, 0.15) is 5.56 Å². The number of amides is 1. The van der Waals surface area contributed by atoms with Crippen LogP contribution in [0, 0.1) is 5.82 Å². The quantitative estimate of drug-likeness (QED) is 0.706. The second-order valence-electron chi connectivity index (χ2n) is 5.45. The number of halogens is 1. The Labute approximate surface area is 154 Å². The Morgan fingerprint density at radius 2 is 2.04 bits per heavy atom. The Morgan fingerprint density at radius 1 is 1.19 bits per heavy atom. The summed E-state index contributed by atoms with van der Waals surface area (Å²) in [5.74, 6) is 0.700. The third-order valence-electron chi connectivity index (χ3n) is 3.72. The molecule has 7 heteroatoms. The summed E-state index contributed by atoms with van der Waals surface area (Å²) >= 11 is 1.29. The maximum absolute atomic E-state index is 13.3. The molecule has 0 radical (unpaired) electrons. The van der Waals surface area contributed by atoms with E-state index in [1.165, 1.54) is 23.5 Å². The van der Waals surface area contributed by atoms with Gasteiger partial charge in [0.25, 0.3) is 0 Å². The molecule has 5 nitrogen and oxygen atoms in total. The molecule has 0 unspecified atom stereocenters. The van der Waals surface area contributed by atoms with Gasteiger partial charge in [0.15, 0.2) is 5.13 Å². The molecule has 1 amide bonds. The van der Waals surface area contributed by atoms with Gasteiger partial charge >= 0.3 is 0 Å². The van der Waals surface area contributed by atoms with Crippen molar-refractivity contribution in [2.24, 2.45) is 0 Å². The van der Waals surface area contributed by atoms with E-state index in [0.29, 0.717) is 27.9 Å². The van der Waals surface area contributed by atoms with Gasteiger partial charge in [-0.25, -0.2) is 9.37 Å². The molecule has 3 aromatic rings. The fourth-order valence-electron chi connectivity index (χ4n) is 2.45. The number of nitrogens with zero attached hydrogens (tertiary/aromatic N) is 1. The third kappa shape index (κ3) is 4.18. The molecule has 1 N–H and O–H groups in total. The van der Waals surface area contributed by atoms with Crippen LogP contribution >= 0.6 is 11.3 Å². The lowest BCUT2D eigenvalue weighted by molar-refractivity contribution is -0.115. The third-order valence-corrected chi connectivity index (χ3v) is 4.47. The molecule has 1 heterocycles. The Hall–Kier alpha value is -2.93. The highest BCUT2D eigenvalue weighted by molar-refractivity contribution is 7.14. The van der Waals surface area contributed by atoms with Crippen LogP contribution in [0.25, 0.3) is 11.3 Å². The lowest BCUT2D eigenvalue weighted by Gasteiger charge is -2.10. The van der Waals surface area contributed by atoms with Crippen molar-refractivity contribution in [3.05, 3.63) is 59.2 Å². The van der Waals surface area contributed by atoms with E-state index in [-0.39, 0.29) is 18.1 Å². The largest absolute Gasteiger partial charge is 0.497 e. The normalized spacial score (nSPS) is 10.4. The van der Waals surface area contributed by atoms with Crippen molar-refractivity contribution in [3.63, 3.8) is 0 Å². The molecule has 26 heavy (non-hydrogen) atoms. The van der Waals surface area contributed by atoms with Crippen LogP contribution in [0.5, 0.6) is 11.5 Å². The van der Waals surface area contributed by atoms with Crippen molar-refractivity contribution in [2.45, 2.75) is 6.42 Å². The van der Waals surface area contributed by atoms with Crippen molar-refractivity contribution in [2.75, 3.05) is 19.5 Å². The van der Waals surface area contributed by atoms with Gasteiger partial charge in [0, 0.05) is 22.6 Å². The minimum atomic E-state index is -0.326. The maximum Gasteiger partial charge on any atom is 0.230 e. The van der Waals surface area contributed by atoms with Gasteiger partial charge in [0.2, 0.25) is 5.91 Å².